The molecule has 0 saturated carbocycles. The number of piperidine rings is 1. The van der Waals surface area contributed by atoms with Gasteiger partial charge in [0.05, 0.1) is 4.90 Å². The van der Waals surface area contributed by atoms with Gasteiger partial charge < -0.3 is 15.2 Å². The van der Waals surface area contributed by atoms with Gasteiger partial charge in [0, 0.05) is 29.4 Å². The lowest BCUT2D eigenvalue weighted by atomic mass is 9.87. The van der Waals surface area contributed by atoms with Crippen molar-refractivity contribution >= 4 is 33.3 Å². The first-order chi connectivity index (χ1) is 17.0. The van der Waals surface area contributed by atoms with Crippen LogP contribution in [0.3, 0.4) is 0 Å². The second kappa shape index (κ2) is 10.3. The van der Waals surface area contributed by atoms with Crippen LogP contribution in [0.25, 0.3) is 0 Å². The fraction of sp³-hybridized carbons (Fsp3) is 0.440. The van der Waals surface area contributed by atoms with Gasteiger partial charge in [0.25, 0.3) is 0 Å². The summed E-state index contributed by atoms with van der Waals surface area (Å²) < 4.78 is 34.4. The van der Waals surface area contributed by atoms with Crippen molar-refractivity contribution in [1.82, 2.24) is 9.62 Å². The number of nitrogens with zero attached hydrogens (tertiary/aromatic N) is 3. The number of anilines is 1. The lowest BCUT2D eigenvalue weighted by molar-refractivity contribution is -0.0568. The molecule has 0 radical (unpaired) electrons. The fourth-order valence-electron chi connectivity index (χ4n) is 4.52. The summed E-state index contributed by atoms with van der Waals surface area (Å²) in [5, 5.41) is 26.6. The quantitative estimate of drug-likeness (QED) is 0.236. The number of hydrogen-bond acceptors (Lipinski definition) is 6. The highest BCUT2D eigenvalue weighted by Crippen LogP contribution is 2.43. The number of nitriles is 1. The summed E-state index contributed by atoms with van der Waals surface area (Å²) in [4.78, 5) is 4.73. The molecule has 3 N–H and O–H groups in total. The van der Waals surface area contributed by atoms with Gasteiger partial charge in [0.1, 0.15) is 23.5 Å². The van der Waals surface area contributed by atoms with Crippen LogP contribution in [0.15, 0.2) is 52.4 Å². The van der Waals surface area contributed by atoms with Gasteiger partial charge >= 0.3 is 0 Å². The summed E-state index contributed by atoms with van der Waals surface area (Å²) in [6, 6.07) is 10.6. The standard InChI is InChI=1S/C25H30ClN5O4S/c1-16-5-4-12-31(14-16)36(33,34)19-10-11-21-20(13-19)22(23(32)25(2,3)35-21)30-24(28-15-27)29-18-8-6-17(26)7-9-18/h6-11,13,16,22-23,32H,4-5,12,14H2,1-3H3,(H2,28,29,30)/t16?,22-,23+/m1/s1. The summed E-state index contributed by atoms with van der Waals surface area (Å²) in [5.41, 5.74) is 0.0302. The van der Waals surface area contributed by atoms with E-state index in [1.807, 2.05) is 13.1 Å². The van der Waals surface area contributed by atoms with E-state index in [2.05, 4.69) is 15.6 Å². The van der Waals surface area contributed by atoms with E-state index in [4.69, 9.17) is 16.3 Å². The first-order valence-corrected chi connectivity index (χ1v) is 13.6. The number of fused-ring (bicyclic) bond motifs is 1. The zero-order valence-corrected chi connectivity index (χ0v) is 22.0. The number of benzene rings is 2. The highest BCUT2D eigenvalue weighted by atomic mass is 35.5. The van der Waals surface area contributed by atoms with E-state index in [-0.39, 0.29) is 16.8 Å². The predicted octanol–water partition coefficient (Wildman–Crippen LogP) is 3.87. The number of aliphatic hydroxyl groups is 1. The second-order valence-corrected chi connectivity index (χ2v) is 12.1. The Morgan fingerprint density at radius 2 is 2.00 bits per heavy atom. The Balaban J connectivity index is 1.75. The van der Waals surface area contributed by atoms with Crippen molar-refractivity contribution in [3.8, 4) is 11.9 Å². The molecule has 0 bridgehead atoms. The topological polar surface area (TPSA) is 127 Å². The summed E-state index contributed by atoms with van der Waals surface area (Å²) >= 11 is 5.96. The van der Waals surface area contributed by atoms with Gasteiger partial charge in [-0.25, -0.2) is 13.4 Å². The number of rotatable bonds is 4. The molecule has 11 heteroatoms. The second-order valence-electron chi connectivity index (χ2n) is 9.75. The first-order valence-electron chi connectivity index (χ1n) is 11.8. The molecule has 192 valence electrons. The average molecular weight is 532 g/mol. The number of hydrogen-bond donors (Lipinski definition) is 3. The molecule has 2 aromatic carbocycles. The summed E-state index contributed by atoms with van der Waals surface area (Å²) in [5.74, 6) is 0.798. The molecule has 0 aromatic heterocycles. The van der Waals surface area contributed by atoms with E-state index in [9.17, 15) is 18.8 Å². The van der Waals surface area contributed by atoms with Crippen LogP contribution in [-0.4, -0.2) is 48.6 Å². The minimum atomic E-state index is -3.74. The van der Waals surface area contributed by atoms with E-state index in [0.717, 1.165) is 12.8 Å². The Morgan fingerprint density at radius 1 is 1.28 bits per heavy atom. The van der Waals surface area contributed by atoms with E-state index in [1.165, 1.54) is 16.4 Å². The largest absolute Gasteiger partial charge is 0.485 e. The van der Waals surface area contributed by atoms with E-state index < -0.39 is 27.8 Å². The van der Waals surface area contributed by atoms with E-state index in [0.29, 0.717) is 35.1 Å². The third-order valence-corrected chi connectivity index (χ3v) is 8.60. The fourth-order valence-corrected chi connectivity index (χ4v) is 6.28. The molecule has 1 unspecified atom stereocenters. The molecule has 1 fully saturated rings. The van der Waals surface area contributed by atoms with Crippen molar-refractivity contribution in [3.05, 3.63) is 53.1 Å². The van der Waals surface area contributed by atoms with Crippen LogP contribution in [-0.2, 0) is 10.0 Å². The first kappa shape index (κ1) is 26.2. The highest BCUT2D eigenvalue weighted by Gasteiger charge is 2.44. The van der Waals surface area contributed by atoms with Crippen LogP contribution >= 0.6 is 11.6 Å². The molecule has 2 aromatic rings. The normalized spacial score (nSPS) is 24.2. The Bertz CT molecular complexity index is 1290. The minimum absolute atomic E-state index is 0.0886. The molecule has 2 aliphatic heterocycles. The maximum absolute atomic E-state index is 13.4. The van der Waals surface area contributed by atoms with Crippen molar-refractivity contribution in [3.63, 3.8) is 0 Å². The molecule has 1 saturated heterocycles. The van der Waals surface area contributed by atoms with Crippen molar-refractivity contribution in [2.24, 2.45) is 10.9 Å². The monoisotopic (exact) mass is 531 g/mol. The number of sulfonamides is 1. The number of ether oxygens (including phenoxy) is 1. The van der Waals surface area contributed by atoms with Crippen LogP contribution in [0.1, 0.15) is 45.2 Å². The van der Waals surface area contributed by atoms with E-state index in [1.54, 1.807) is 44.2 Å². The Morgan fingerprint density at radius 3 is 2.67 bits per heavy atom. The third-order valence-electron chi connectivity index (χ3n) is 6.49. The molecule has 4 rings (SSSR count). The highest BCUT2D eigenvalue weighted by molar-refractivity contribution is 7.89. The number of guanidine groups is 1. The van der Waals surface area contributed by atoms with Crippen LogP contribution in [0, 0.1) is 17.4 Å². The van der Waals surface area contributed by atoms with Crippen molar-refractivity contribution in [1.29, 1.82) is 5.26 Å². The zero-order chi connectivity index (χ0) is 26.1. The Hall–Kier alpha value is -2.84. The van der Waals surface area contributed by atoms with Gasteiger partial charge in [0.15, 0.2) is 6.19 Å². The van der Waals surface area contributed by atoms with Crippen LogP contribution in [0.2, 0.25) is 5.02 Å². The van der Waals surface area contributed by atoms with Crippen molar-refractivity contribution in [2.75, 3.05) is 18.4 Å². The smallest absolute Gasteiger partial charge is 0.243 e. The zero-order valence-electron chi connectivity index (χ0n) is 20.4. The SMILES string of the molecule is CC1CCCN(S(=O)(=O)c2ccc3c(c2)[C@@H](N=C(NC#N)Nc2ccc(Cl)cc2)[C@H](O)C(C)(C)O3)C1. The van der Waals surface area contributed by atoms with Crippen molar-refractivity contribution in [2.45, 2.75) is 56.3 Å². The molecule has 0 aliphatic carbocycles. The van der Waals surface area contributed by atoms with Gasteiger partial charge in [-0.05, 0) is 75.1 Å². The van der Waals surface area contributed by atoms with E-state index >= 15 is 0 Å². The van der Waals surface area contributed by atoms with Crippen molar-refractivity contribution < 1.29 is 18.3 Å². The molecule has 36 heavy (non-hydrogen) atoms. The number of halogens is 1. The van der Waals surface area contributed by atoms with Gasteiger partial charge in [-0.15, -0.1) is 0 Å². The Kier molecular flexibility index (Phi) is 7.48. The number of aliphatic hydroxyl groups excluding tert-OH is 1. The molecule has 0 spiro atoms. The summed E-state index contributed by atoms with van der Waals surface area (Å²) in [6.45, 7) is 6.44. The third kappa shape index (κ3) is 5.44. The van der Waals surface area contributed by atoms with Crippen LogP contribution in [0.5, 0.6) is 5.75 Å². The van der Waals surface area contributed by atoms with Crippen LogP contribution < -0.4 is 15.4 Å². The maximum atomic E-state index is 13.4. The number of aliphatic imine (C=N–C) groups is 1. The molecular formula is C25H30ClN5O4S. The molecular weight excluding hydrogens is 502 g/mol. The van der Waals surface area contributed by atoms with Gasteiger partial charge in [-0.3, -0.25) is 5.32 Å². The summed E-state index contributed by atoms with van der Waals surface area (Å²) in [6.07, 6.45) is 2.53. The molecule has 0 amide bonds. The lowest BCUT2D eigenvalue weighted by Crippen LogP contribution is -2.49. The van der Waals surface area contributed by atoms with Gasteiger partial charge in [-0.2, -0.15) is 9.57 Å². The van der Waals surface area contributed by atoms with Gasteiger partial charge in [-0.1, -0.05) is 18.5 Å². The summed E-state index contributed by atoms with van der Waals surface area (Å²) in [7, 11) is -3.74. The molecule has 3 atom stereocenters. The van der Waals surface area contributed by atoms with Gasteiger partial charge in [0.2, 0.25) is 16.0 Å². The van der Waals surface area contributed by atoms with Crippen LogP contribution in [0.4, 0.5) is 5.69 Å². The lowest BCUT2D eigenvalue weighted by Gasteiger charge is -2.41. The maximum Gasteiger partial charge on any atom is 0.243 e. The minimum Gasteiger partial charge on any atom is -0.485 e. The average Bonchev–Trinajstić information content (AvgIpc) is 2.83. The Labute approximate surface area is 216 Å². The molecule has 2 heterocycles. The number of nitrogens with one attached hydrogen (secondary N) is 2. The molecule has 9 nitrogen and oxygen atoms in total. The molecule has 2 aliphatic rings. The predicted molar refractivity (Wildman–Crippen MR) is 138 cm³/mol.